The number of fused-ring (bicyclic) bond motifs is 2. The van der Waals surface area contributed by atoms with E-state index >= 15 is 0 Å². The van der Waals surface area contributed by atoms with Crippen molar-refractivity contribution in [3.63, 3.8) is 0 Å². The van der Waals surface area contributed by atoms with Crippen LogP contribution in [0.2, 0.25) is 0 Å². The van der Waals surface area contributed by atoms with E-state index in [4.69, 9.17) is 0 Å². The lowest BCUT2D eigenvalue weighted by molar-refractivity contribution is 0.00653. The predicted molar refractivity (Wildman–Crippen MR) is 154 cm³/mol. The Hall–Kier alpha value is -3.16. The maximum Gasteiger partial charge on any atom is 0.260 e. The minimum atomic E-state index is -0.659. The fourth-order valence-electron chi connectivity index (χ4n) is 6.13. The van der Waals surface area contributed by atoms with Crippen molar-refractivity contribution in [3.8, 4) is 0 Å². The highest BCUT2D eigenvalue weighted by Gasteiger charge is 2.31. The van der Waals surface area contributed by atoms with E-state index < -0.39 is 5.60 Å². The number of aliphatic hydroxyl groups is 1. The first-order chi connectivity index (χ1) is 18.3. The molecule has 200 valence electrons. The topological polar surface area (TPSA) is 86.2 Å². The maximum absolute atomic E-state index is 13.5. The summed E-state index contributed by atoms with van der Waals surface area (Å²) in [6.07, 6.45) is 11.4. The Morgan fingerprint density at radius 2 is 1.89 bits per heavy atom. The normalized spacial score (nSPS) is 17.4. The summed E-state index contributed by atoms with van der Waals surface area (Å²) >= 11 is 0. The van der Waals surface area contributed by atoms with Crippen molar-refractivity contribution in [1.82, 2.24) is 19.9 Å². The van der Waals surface area contributed by atoms with Crippen molar-refractivity contribution in [2.45, 2.75) is 64.6 Å². The van der Waals surface area contributed by atoms with Gasteiger partial charge in [0.1, 0.15) is 0 Å². The molecule has 38 heavy (non-hydrogen) atoms. The lowest BCUT2D eigenvalue weighted by Crippen LogP contribution is -2.42. The number of aromatic amines is 1. The Bertz CT molecular complexity index is 1490. The van der Waals surface area contributed by atoms with Crippen molar-refractivity contribution in [2.75, 3.05) is 24.5 Å². The van der Waals surface area contributed by atoms with Crippen LogP contribution in [0, 0.1) is 11.8 Å². The molecule has 3 aromatic heterocycles. The predicted octanol–water partition coefficient (Wildman–Crippen LogP) is 4.80. The highest BCUT2D eigenvalue weighted by Crippen LogP contribution is 2.32. The zero-order valence-electron chi connectivity index (χ0n) is 22.5. The quantitative estimate of drug-likeness (QED) is 0.315. The van der Waals surface area contributed by atoms with E-state index in [9.17, 15) is 9.90 Å². The molecule has 0 bridgehead atoms. The van der Waals surface area contributed by atoms with Gasteiger partial charge in [0.05, 0.1) is 29.4 Å². The summed E-state index contributed by atoms with van der Waals surface area (Å²) in [6, 6.07) is 10.7. The van der Waals surface area contributed by atoms with E-state index in [1.54, 1.807) is 10.8 Å². The summed E-state index contributed by atoms with van der Waals surface area (Å²) in [5, 5.41) is 16.8. The molecule has 2 fully saturated rings. The Labute approximate surface area is 223 Å². The standard InChI is InChI=1S/C31H39N5O2/c1-31(2,38)24-8-11-35(12-9-24)29-19-33-18-27-26(29)10-13-36(30(27)37)20-22-6-7-23-15-25(34-28(23)14-22)17-32-16-21-4-3-5-21/h6-7,10,13-15,18-19,21,24,32,34,38H,3-5,8-9,11-12,16-17,20H2,1-2H3. The molecule has 4 aromatic rings. The number of piperidine rings is 1. The monoisotopic (exact) mass is 513 g/mol. The van der Waals surface area contributed by atoms with Crippen LogP contribution in [0.5, 0.6) is 0 Å². The van der Waals surface area contributed by atoms with Crippen LogP contribution < -0.4 is 15.8 Å². The molecule has 7 heteroatoms. The SMILES string of the molecule is CC(C)(O)C1CCN(c2cncc3c(=O)n(Cc4ccc5cc(CNCC6CCC6)[nH]c5c4)ccc23)CC1. The fraction of sp³-hybridized carbons (Fsp3) is 0.484. The van der Waals surface area contributed by atoms with Crippen LogP contribution in [0.25, 0.3) is 21.7 Å². The number of nitrogens with zero attached hydrogens (tertiary/aromatic N) is 3. The number of H-pyrrole nitrogens is 1. The molecule has 0 spiro atoms. The second kappa shape index (κ2) is 10.2. The Balaban J connectivity index is 1.18. The molecule has 3 N–H and O–H groups in total. The zero-order chi connectivity index (χ0) is 26.3. The number of pyridine rings is 2. The van der Waals surface area contributed by atoms with Gasteiger partial charge in [-0.2, -0.15) is 0 Å². The summed E-state index contributed by atoms with van der Waals surface area (Å²) < 4.78 is 1.78. The van der Waals surface area contributed by atoms with E-state index in [2.05, 4.69) is 50.5 Å². The zero-order valence-corrected chi connectivity index (χ0v) is 22.5. The van der Waals surface area contributed by atoms with E-state index in [0.29, 0.717) is 11.9 Å². The van der Waals surface area contributed by atoms with Gasteiger partial charge in [-0.25, -0.2) is 0 Å². The second-order valence-corrected chi connectivity index (χ2v) is 11.9. The highest BCUT2D eigenvalue weighted by atomic mass is 16.3. The number of benzene rings is 1. The van der Waals surface area contributed by atoms with Crippen molar-refractivity contribution >= 4 is 27.4 Å². The third kappa shape index (κ3) is 5.09. The summed E-state index contributed by atoms with van der Waals surface area (Å²) in [4.78, 5) is 23.8. The third-order valence-electron chi connectivity index (χ3n) is 8.78. The van der Waals surface area contributed by atoms with Gasteiger partial charge in [-0.15, -0.1) is 0 Å². The average molecular weight is 514 g/mol. The molecule has 0 radical (unpaired) electrons. The first-order valence-electron chi connectivity index (χ1n) is 14.1. The molecule has 4 heterocycles. The molecule has 1 aromatic carbocycles. The second-order valence-electron chi connectivity index (χ2n) is 11.9. The van der Waals surface area contributed by atoms with E-state index in [1.807, 2.05) is 26.2 Å². The minimum absolute atomic E-state index is 0.0179. The molecule has 1 aliphatic carbocycles. The molecule has 0 amide bonds. The van der Waals surface area contributed by atoms with Gasteiger partial charge in [-0.3, -0.25) is 9.78 Å². The lowest BCUT2D eigenvalue weighted by Gasteiger charge is -2.39. The molecule has 1 aliphatic heterocycles. The van der Waals surface area contributed by atoms with Crippen molar-refractivity contribution < 1.29 is 5.11 Å². The molecule has 1 saturated carbocycles. The summed E-state index contributed by atoms with van der Waals surface area (Å²) in [5.74, 6) is 1.14. The van der Waals surface area contributed by atoms with Crippen LogP contribution in [0.1, 0.15) is 57.2 Å². The van der Waals surface area contributed by atoms with Crippen LogP contribution in [0.3, 0.4) is 0 Å². The lowest BCUT2D eigenvalue weighted by atomic mass is 9.83. The summed E-state index contributed by atoms with van der Waals surface area (Å²) in [7, 11) is 0. The van der Waals surface area contributed by atoms with Gasteiger partial charge in [0.2, 0.25) is 0 Å². The first-order valence-corrected chi connectivity index (χ1v) is 14.1. The number of nitrogens with one attached hydrogen (secondary N) is 2. The average Bonchev–Trinajstić information content (AvgIpc) is 3.28. The first kappa shape index (κ1) is 25.1. The largest absolute Gasteiger partial charge is 0.390 e. The van der Waals surface area contributed by atoms with Crippen molar-refractivity contribution in [2.24, 2.45) is 11.8 Å². The van der Waals surface area contributed by atoms with Gasteiger partial charge < -0.3 is 24.9 Å². The van der Waals surface area contributed by atoms with Gasteiger partial charge in [0.15, 0.2) is 0 Å². The van der Waals surface area contributed by atoms with Gasteiger partial charge in [0, 0.05) is 48.6 Å². The molecule has 0 unspecified atom stereocenters. The summed E-state index contributed by atoms with van der Waals surface area (Å²) in [6.45, 7) is 7.97. The number of hydrogen-bond acceptors (Lipinski definition) is 5. The Kier molecular flexibility index (Phi) is 6.74. The Morgan fingerprint density at radius 1 is 1.08 bits per heavy atom. The van der Waals surface area contributed by atoms with E-state index in [1.165, 1.54) is 30.3 Å². The number of rotatable bonds is 8. The fourth-order valence-corrected chi connectivity index (χ4v) is 6.13. The minimum Gasteiger partial charge on any atom is -0.390 e. The van der Waals surface area contributed by atoms with Gasteiger partial charge >= 0.3 is 0 Å². The molecular weight excluding hydrogens is 474 g/mol. The van der Waals surface area contributed by atoms with Crippen LogP contribution in [0.15, 0.2) is 53.7 Å². The molecule has 6 rings (SSSR count). The number of aromatic nitrogens is 3. The number of anilines is 1. The van der Waals surface area contributed by atoms with Crippen LogP contribution in [-0.4, -0.2) is 44.9 Å². The van der Waals surface area contributed by atoms with Gasteiger partial charge in [-0.1, -0.05) is 18.6 Å². The molecule has 0 atom stereocenters. The summed E-state index contributed by atoms with van der Waals surface area (Å²) in [5.41, 5.74) is 3.73. The van der Waals surface area contributed by atoms with Crippen LogP contribution in [-0.2, 0) is 13.1 Å². The third-order valence-corrected chi connectivity index (χ3v) is 8.78. The van der Waals surface area contributed by atoms with E-state index in [-0.39, 0.29) is 11.5 Å². The van der Waals surface area contributed by atoms with Crippen molar-refractivity contribution in [3.05, 3.63) is 70.5 Å². The highest BCUT2D eigenvalue weighted by molar-refractivity contribution is 5.92. The Morgan fingerprint density at radius 3 is 2.63 bits per heavy atom. The smallest absolute Gasteiger partial charge is 0.260 e. The van der Waals surface area contributed by atoms with Gasteiger partial charge in [0.25, 0.3) is 5.56 Å². The molecular formula is C31H39N5O2. The molecule has 1 saturated heterocycles. The van der Waals surface area contributed by atoms with E-state index in [0.717, 1.165) is 67.1 Å². The maximum atomic E-state index is 13.5. The van der Waals surface area contributed by atoms with Crippen LogP contribution in [0.4, 0.5) is 5.69 Å². The van der Waals surface area contributed by atoms with Crippen LogP contribution >= 0.6 is 0 Å². The van der Waals surface area contributed by atoms with Crippen molar-refractivity contribution in [1.29, 1.82) is 0 Å². The molecule has 7 nitrogen and oxygen atoms in total. The number of hydrogen-bond donors (Lipinski definition) is 3. The molecule has 2 aliphatic rings. The van der Waals surface area contributed by atoms with Gasteiger partial charge in [-0.05, 0) is 87.1 Å².